The SMILES string of the molecule is COC(=O)C[C@@H]1Cc2ccc(OCc3ccc(-c4cc(OC)ccc4F)c(C(C)(C)C)c3)cc21. The maximum atomic E-state index is 14.7. The van der Waals surface area contributed by atoms with E-state index < -0.39 is 0 Å². The van der Waals surface area contributed by atoms with Crippen molar-refractivity contribution in [2.75, 3.05) is 14.2 Å². The number of methoxy groups -OCH3 is 2. The molecule has 1 atom stereocenters. The van der Waals surface area contributed by atoms with Crippen molar-refractivity contribution in [3.63, 3.8) is 0 Å². The summed E-state index contributed by atoms with van der Waals surface area (Å²) in [5.74, 6) is 1.11. The number of hydrogen-bond donors (Lipinski definition) is 0. The second kappa shape index (κ2) is 9.49. The van der Waals surface area contributed by atoms with E-state index in [-0.39, 0.29) is 23.1 Å². The van der Waals surface area contributed by atoms with Gasteiger partial charge < -0.3 is 14.2 Å². The molecule has 0 radical (unpaired) electrons. The zero-order chi connectivity index (χ0) is 24.5. The molecule has 0 fully saturated rings. The van der Waals surface area contributed by atoms with Gasteiger partial charge in [-0.2, -0.15) is 0 Å². The molecule has 0 saturated heterocycles. The molecule has 178 valence electrons. The van der Waals surface area contributed by atoms with Gasteiger partial charge in [-0.05, 0) is 75.9 Å². The summed E-state index contributed by atoms with van der Waals surface area (Å²) in [4.78, 5) is 11.6. The Kier molecular flexibility index (Phi) is 6.65. The number of rotatable bonds is 7. The number of hydrogen-bond acceptors (Lipinski definition) is 4. The minimum Gasteiger partial charge on any atom is -0.497 e. The molecule has 0 spiro atoms. The van der Waals surface area contributed by atoms with Crippen LogP contribution in [0.4, 0.5) is 4.39 Å². The Morgan fingerprint density at radius 2 is 1.74 bits per heavy atom. The molecule has 0 bridgehead atoms. The average Bonchev–Trinajstić information content (AvgIpc) is 2.81. The number of halogens is 1. The van der Waals surface area contributed by atoms with Crippen molar-refractivity contribution in [1.82, 2.24) is 0 Å². The second-order valence-electron chi connectivity index (χ2n) is 9.81. The van der Waals surface area contributed by atoms with Crippen LogP contribution in [0, 0.1) is 5.82 Å². The molecule has 0 N–H and O–H groups in total. The van der Waals surface area contributed by atoms with Gasteiger partial charge in [0.25, 0.3) is 0 Å². The van der Waals surface area contributed by atoms with Gasteiger partial charge in [-0.25, -0.2) is 4.39 Å². The molecule has 1 aliphatic carbocycles. The number of carbonyl (C=O) groups is 1. The number of carbonyl (C=O) groups excluding carboxylic acids is 1. The Morgan fingerprint density at radius 3 is 2.44 bits per heavy atom. The fraction of sp³-hybridized carbons (Fsp3) is 0.345. The van der Waals surface area contributed by atoms with Gasteiger partial charge in [-0.1, -0.05) is 45.0 Å². The second-order valence-corrected chi connectivity index (χ2v) is 9.81. The fourth-order valence-electron chi connectivity index (χ4n) is 4.48. The molecule has 5 heteroatoms. The van der Waals surface area contributed by atoms with E-state index in [9.17, 15) is 9.18 Å². The molecule has 4 rings (SSSR count). The molecule has 0 aliphatic heterocycles. The van der Waals surface area contributed by atoms with E-state index in [0.717, 1.165) is 34.4 Å². The van der Waals surface area contributed by atoms with Gasteiger partial charge in [0.2, 0.25) is 0 Å². The lowest BCUT2D eigenvalue weighted by Crippen LogP contribution is -2.21. The van der Waals surface area contributed by atoms with Gasteiger partial charge in [-0.15, -0.1) is 0 Å². The number of fused-ring (bicyclic) bond motifs is 1. The summed E-state index contributed by atoms with van der Waals surface area (Å²) in [5, 5.41) is 0. The number of benzene rings is 3. The number of esters is 1. The van der Waals surface area contributed by atoms with Gasteiger partial charge >= 0.3 is 5.97 Å². The van der Waals surface area contributed by atoms with Crippen molar-refractivity contribution in [3.05, 3.63) is 82.7 Å². The van der Waals surface area contributed by atoms with Crippen LogP contribution >= 0.6 is 0 Å². The highest BCUT2D eigenvalue weighted by atomic mass is 19.1. The third-order valence-corrected chi connectivity index (χ3v) is 6.43. The average molecular weight is 463 g/mol. The summed E-state index contributed by atoms with van der Waals surface area (Å²) in [7, 11) is 3.00. The van der Waals surface area contributed by atoms with E-state index >= 15 is 0 Å². The van der Waals surface area contributed by atoms with Crippen LogP contribution < -0.4 is 9.47 Å². The van der Waals surface area contributed by atoms with E-state index in [1.165, 1.54) is 18.7 Å². The summed E-state index contributed by atoms with van der Waals surface area (Å²) >= 11 is 0. The largest absolute Gasteiger partial charge is 0.497 e. The normalized spacial score (nSPS) is 14.7. The van der Waals surface area contributed by atoms with Crippen molar-refractivity contribution >= 4 is 5.97 Å². The Bertz CT molecular complexity index is 1210. The van der Waals surface area contributed by atoms with E-state index in [0.29, 0.717) is 24.3 Å². The molecule has 0 amide bonds. The van der Waals surface area contributed by atoms with E-state index in [4.69, 9.17) is 14.2 Å². The highest BCUT2D eigenvalue weighted by Crippen LogP contribution is 2.40. The number of ether oxygens (including phenoxy) is 3. The molecule has 4 nitrogen and oxygen atoms in total. The highest BCUT2D eigenvalue weighted by Gasteiger charge is 2.29. The Morgan fingerprint density at radius 1 is 0.971 bits per heavy atom. The first-order valence-corrected chi connectivity index (χ1v) is 11.5. The predicted octanol–water partition coefficient (Wildman–Crippen LogP) is 6.58. The van der Waals surface area contributed by atoms with Crippen molar-refractivity contribution in [3.8, 4) is 22.6 Å². The monoisotopic (exact) mass is 462 g/mol. The van der Waals surface area contributed by atoms with Crippen LogP contribution in [-0.2, 0) is 28.0 Å². The van der Waals surface area contributed by atoms with E-state index in [1.807, 2.05) is 24.3 Å². The molecule has 0 saturated carbocycles. The molecule has 3 aromatic carbocycles. The van der Waals surface area contributed by atoms with Gasteiger partial charge in [0.15, 0.2) is 0 Å². The Balaban J connectivity index is 1.56. The summed E-state index contributed by atoms with van der Waals surface area (Å²) in [5.41, 5.74) is 5.62. The first kappa shape index (κ1) is 23.8. The molecule has 0 heterocycles. The lowest BCUT2D eigenvalue weighted by Gasteiger charge is -2.30. The summed E-state index contributed by atoms with van der Waals surface area (Å²) in [6.07, 6.45) is 1.28. The molecular formula is C29H31FO4. The van der Waals surface area contributed by atoms with Crippen LogP contribution in [0.15, 0.2) is 54.6 Å². The molecule has 0 aromatic heterocycles. The zero-order valence-corrected chi connectivity index (χ0v) is 20.4. The molecular weight excluding hydrogens is 431 g/mol. The molecule has 34 heavy (non-hydrogen) atoms. The lowest BCUT2D eigenvalue weighted by molar-refractivity contribution is -0.141. The van der Waals surface area contributed by atoms with Crippen molar-refractivity contribution in [2.24, 2.45) is 0 Å². The van der Waals surface area contributed by atoms with Crippen LogP contribution in [0.2, 0.25) is 0 Å². The lowest BCUT2D eigenvalue weighted by atomic mass is 9.76. The van der Waals surface area contributed by atoms with Crippen LogP contribution in [0.25, 0.3) is 11.1 Å². The minimum atomic E-state index is -0.279. The molecule has 1 aliphatic rings. The van der Waals surface area contributed by atoms with Crippen LogP contribution in [0.3, 0.4) is 0 Å². The van der Waals surface area contributed by atoms with Crippen LogP contribution in [0.1, 0.15) is 55.4 Å². The van der Waals surface area contributed by atoms with Crippen LogP contribution in [0.5, 0.6) is 11.5 Å². The maximum Gasteiger partial charge on any atom is 0.306 e. The highest BCUT2D eigenvalue weighted by molar-refractivity contribution is 5.72. The minimum absolute atomic E-state index is 0.190. The summed E-state index contributed by atoms with van der Waals surface area (Å²) < 4.78 is 31.0. The van der Waals surface area contributed by atoms with Gasteiger partial charge in [0.1, 0.15) is 23.9 Å². The predicted molar refractivity (Wildman–Crippen MR) is 131 cm³/mol. The quantitative estimate of drug-likeness (QED) is 0.372. The smallest absolute Gasteiger partial charge is 0.306 e. The van der Waals surface area contributed by atoms with Crippen LogP contribution in [-0.4, -0.2) is 20.2 Å². The first-order chi connectivity index (χ1) is 16.2. The Hall–Kier alpha value is -3.34. The maximum absolute atomic E-state index is 14.7. The topological polar surface area (TPSA) is 44.8 Å². The van der Waals surface area contributed by atoms with E-state index in [1.54, 1.807) is 19.2 Å². The molecule has 0 unspecified atom stereocenters. The fourth-order valence-corrected chi connectivity index (χ4v) is 4.48. The summed E-state index contributed by atoms with van der Waals surface area (Å²) in [6.45, 7) is 6.75. The Labute approximate surface area is 200 Å². The van der Waals surface area contributed by atoms with Gasteiger partial charge in [0, 0.05) is 5.56 Å². The van der Waals surface area contributed by atoms with E-state index in [2.05, 4.69) is 32.9 Å². The third kappa shape index (κ3) is 4.93. The standard InChI is InChI=1S/C29H31FO4/c1-29(2,3)26-12-18(6-10-23(26)25-15-21(32-4)9-11-27(25)30)17-34-22-8-7-19-13-20(24(19)16-22)14-28(31)33-5/h6-12,15-16,20H,13-14,17H2,1-5H3/t20-/m0/s1. The van der Waals surface area contributed by atoms with Crippen molar-refractivity contribution < 1.29 is 23.4 Å². The first-order valence-electron chi connectivity index (χ1n) is 11.5. The van der Waals surface area contributed by atoms with Gasteiger partial charge in [0.05, 0.1) is 20.6 Å². The van der Waals surface area contributed by atoms with Crippen molar-refractivity contribution in [1.29, 1.82) is 0 Å². The third-order valence-electron chi connectivity index (χ3n) is 6.43. The van der Waals surface area contributed by atoms with Crippen molar-refractivity contribution in [2.45, 2.75) is 51.6 Å². The molecule has 3 aromatic rings. The van der Waals surface area contributed by atoms with Gasteiger partial charge in [-0.3, -0.25) is 4.79 Å². The summed E-state index contributed by atoms with van der Waals surface area (Å²) in [6, 6.07) is 16.9. The zero-order valence-electron chi connectivity index (χ0n) is 20.4.